The van der Waals surface area contributed by atoms with Crippen LogP contribution in [-0.2, 0) is 0 Å². The average molecular weight is 1350 g/mol. The van der Waals surface area contributed by atoms with E-state index in [0.717, 1.165) is 20.7 Å². The van der Waals surface area contributed by atoms with Gasteiger partial charge in [-0.1, -0.05) is 196 Å². The van der Waals surface area contributed by atoms with E-state index in [1.165, 1.54) is 72.8 Å². The molecule has 13 rings (SSSR count). The van der Waals surface area contributed by atoms with Gasteiger partial charge in [-0.2, -0.15) is 0 Å². The third-order valence-electron chi connectivity index (χ3n) is 18.3. The van der Waals surface area contributed by atoms with Gasteiger partial charge in [-0.3, -0.25) is 0 Å². The highest BCUT2D eigenvalue weighted by Gasteiger charge is 2.31. The number of hydrogen-bond acceptors (Lipinski definition) is 2. The molecule has 0 atom stereocenters. The van der Waals surface area contributed by atoms with Crippen molar-refractivity contribution < 1.29 is 35.1 Å². The van der Waals surface area contributed by atoms with E-state index in [0.29, 0.717) is 89.4 Å². The summed E-state index contributed by atoms with van der Waals surface area (Å²) in [6.45, 7) is 25.8. The molecule has 2 N–H and O–H groups in total. The quantitative estimate of drug-likeness (QED) is 0.0946. The van der Waals surface area contributed by atoms with Crippen molar-refractivity contribution in [2.45, 2.75) is 78.6 Å². The van der Waals surface area contributed by atoms with E-state index in [1.54, 1.807) is 24.3 Å². The van der Waals surface area contributed by atoms with E-state index in [-0.39, 0.29) is 44.5 Å². The molecule has 0 spiro atoms. The van der Waals surface area contributed by atoms with Crippen LogP contribution in [-0.4, -0.2) is 52.2 Å². The van der Waals surface area contributed by atoms with E-state index in [4.69, 9.17) is 9.97 Å². The number of nitrogens with zero attached hydrogens (tertiary/aromatic N) is 2. The summed E-state index contributed by atoms with van der Waals surface area (Å²) in [4.78, 5) is 18.5. The number of fused-ring (bicyclic) bond motifs is 8. The minimum Gasteiger partial charge on any atom is -0.354 e. The molecule has 96 heavy (non-hydrogen) atoms. The minimum atomic E-state index is -2.22. The van der Waals surface area contributed by atoms with Crippen LogP contribution in [0.5, 0.6) is 0 Å². The second-order valence-corrected chi connectivity index (χ2v) is 49.2. The molecule has 8 bridgehead atoms. The second-order valence-electron chi connectivity index (χ2n) is 28.9. The Bertz CT molecular complexity index is 4570. The summed E-state index contributed by atoms with van der Waals surface area (Å²) in [6, 6.07) is 45.3. The fraction of sp³-hybridized carbons (Fsp3) is 0.150. The van der Waals surface area contributed by atoms with Gasteiger partial charge in [0.05, 0.1) is 77.3 Å². The number of rotatable bonds is 12. The van der Waals surface area contributed by atoms with Crippen molar-refractivity contribution in [1.82, 2.24) is 19.9 Å². The SMILES string of the molecule is C[Si](C)(C)c1ccc(-c2c3nc(c(-c4ccc([Si](C)(C)C)cc4-c4c(F)cccc4F)c4ccc([nH]4)c(-c4ccc([Si](C)(C)C)cc4-c4c(F)cccc4F)c4nc(c(-c5ccc([Si](C)(C)C)cc5-c5c(F)cccc5F)c5ccc2[nH]5)C=C4)C=C3)c(-c2c(F)cccc2F)c1. The number of nitrogens with one attached hydrogen (secondary N) is 2. The first-order valence-electron chi connectivity index (χ1n) is 32.0. The normalized spacial score (nSPS) is 12.7. The third kappa shape index (κ3) is 12.0. The highest BCUT2D eigenvalue weighted by Crippen LogP contribution is 2.47. The van der Waals surface area contributed by atoms with Crippen LogP contribution >= 0.6 is 0 Å². The van der Waals surface area contributed by atoms with Crippen LogP contribution in [0.1, 0.15) is 22.8 Å². The van der Waals surface area contributed by atoms with Gasteiger partial charge in [0.15, 0.2) is 0 Å². The molecule has 0 amide bonds. The average Bonchev–Trinajstić information content (AvgIpc) is 1.49. The van der Waals surface area contributed by atoms with Crippen molar-refractivity contribution >= 4 is 99.4 Å². The van der Waals surface area contributed by atoms with Crippen LogP contribution in [0.15, 0.2) is 170 Å². The van der Waals surface area contributed by atoms with Crippen molar-refractivity contribution in [2.75, 3.05) is 0 Å². The topological polar surface area (TPSA) is 57.4 Å². The van der Waals surface area contributed by atoms with E-state index in [1.807, 2.05) is 97.1 Å². The molecule has 8 aromatic carbocycles. The number of benzene rings is 8. The van der Waals surface area contributed by atoms with Crippen molar-refractivity contribution in [2.24, 2.45) is 0 Å². The molecular weight excluding hydrogens is 1280 g/mol. The Morgan fingerprint density at radius 2 is 0.417 bits per heavy atom. The summed E-state index contributed by atoms with van der Waals surface area (Å²) >= 11 is 0. The third-order valence-corrected chi connectivity index (χ3v) is 26.5. The van der Waals surface area contributed by atoms with E-state index in [2.05, 4.69) is 88.5 Å². The maximum absolute atomic E-state index is 16.8. The van der Waals surface area contributed by atoms with Crippen molar-refractivity contribution in [3.05, 3.63) is 239 Å². The number of H-pyrrole nitrogens is 2. The standard InChI is InChI=1S/C80H70F8N4Si4/c1-93(2,3)45-25-29-49(53(41-45)73-57(81)17-13-18-58(73)82)77-65-33-35-67(89-65)78(50-30-26-46(94(4,5)6)42-54(50)74-59(83)19-14-20-60(74)84)69-37-39-71(91-69)80(52-32-28-48(96(10,11)12)44-56(52)76-63(87)23-16-24-64(76)88)72-40-38-70(92-72)79(68-36-34-66(77)90-68)51-31-27-47(95(7,8)9)43-55(51)75-61(85)21-15-22-62(75)86/h13-44,89,92H,1-12H3. The smallest absolute Gasteiger partial charge is 0.133 e. The van der Waals surface area contributed by atoms with E-state index in [9.17, 15) is 0 Å². The summed E-state index contributed by atoms with van der Waals surface area (Å²) < 4.78 is 134. The second kappa shape index (κ2) is 24.4. The lowest BCUT2D eigenvalue weighted by Crippen LogP contribution is -2.37. The number of aromatic amines is 2. The van der Waals surface area contributed by atoms with Crippen LogP contribution in [0.3, 0.4) is 0 Å². The predicted octanol–water partition coefficient (Wildman–Crippen LogP) is 21.3. The molecule has 0 unspecified atom stereocenters. The maximum atomic E-state index is 16.8. The van der Waals surface area contributed by atoms with Gasteiger partial charge in [-0.15, -0.1) is 0 Å². The lowest BCUT2D eigenvalue weighted by atomic mass is 9.92. The molecule has 0 aliphatic carbocycles. The summed E-state index contributed by atoms with van der Waals surface area (Å²) in [6.07, 6.45) is 7.21. The van der Waals surface area contributed by atoms with Crippen molar-refractivity contribution in [3.8, 4) is 89.0 Å². The van der Waals surface area contributed by atoms with Crippen molar-refractivity contribution in [3.63, 3.8) is 0 Å². The zero-order valence-electron chi connectivity index (χ0n) is 55.4. The Labute approximate surface area is 557 Å². The summed E-state index contributed by atoms with van der Waals surface area (Å²) in [5, 5.41) is 3.69. The van der Waals surface area contributed by atoms with Crippen LogP contribution < -0.4 is 20.7 Å². The molecule has 16 heteroatoms. The molecule has 0 saturated carbocycles. The molecule has 5 heterocycles. The summed E-state index contributed by atoms with van der Waals surface area (Å²) in [7, 11) is -8.86. The van der Waals surface area contributed by atoms with Gasteiger partial charge in [0.25, 0.3) is 0 Å². The molecule has 2 aliphatic heterocycles. The van der Waals surface area contributed by atoms with Gasteiger partial charge in [0.1, 0.15) is 46.5 Å². The van der Waals surface area contributed by atoms with Gasteiger partial charge in [0.2, 0.25) is 0 Å². The molecule has 3 aromatic heterocycles. The van der Waals surface area contributed by atoms with Crippen LogP contribution in [0.2, 0.25) is 78.6 Å². The van der Waals surface area contributed by atoms with Crippen LogP contribution in [0.4, 0.5) is 35.1 Å². The first-order valence-corrected chi connectivity index (χ1v) is 46.0. The van der Waals surface area contributed by atoms with Crippen LogP contribution in [0, 0.1) is 46.5 Å². The lowest BCUT2D eigenvalue weighted by Gasteiger charge is -2.21. The molecule has 0 saturated heterocycles. The van der Waals surface area contributed by atoms with Gasteiger partial charge < -0.3 is 9.97 Å². The van der Waals surface area contributed by atoms with E-state index < -0.39 is 78.8 Å². The maximum Gasteiger partial charge on any atom is 0.133 e. The number of aromatic nitrogens is 4. The highest BCUT2D eigenvalue weighted by molar-refractivity contribution is 6.90. The first kappa shape index (κ1) is 65.3. The van der Waals surface area contributed by atoms with Gasteiger partial charge >= 0.3 is 0 Å². The van der Waals surface area contributed by atoms with Gasteiger partial charge in [-0.05, 0) is 142 Å². The Morgan fingerprint density at radius 1 is 0.229 bits per heavy atom. The molecule has 482 valence electrons. The Kier molecular flexibility index (Phi) is 16.6. The fourth-order valence-electron chi connectivity index (χ4n) is 13.1. The highest BCUT2D eigenvalue weighted by atomic mass is 28.3. The van der Waals surface area contributed by atoms with E-state index >= 15 is 35.1 Å². The van der Waals surface area contributed by atoms with Crippen molar-refractivity contribution in [1.29, 1.82) is 0 Å². The minimum absolute atomic E-state index is 0.251. The molecule has 11 aromatic rings. The summed E-state index contributed by atoms with van der Waals surface area (Å²) in [5.41, 5.74) is 6.33. The Balaban J connectivity index is 1.28. The lowest BCUT2D eigenvalue weighted by molar-refractivity contribution is 0.589. The fourth-order valence-corrected chi connectivity index (χ4v) is 17.7. The zero-order valence-corrected chi connectivity index (χ0v) is 59.4. The molecule has 4 nitrogen and oxygen atoms in total. The zero-order chi connectivity index (χ0) is 68.2. The molecule has 0 fully saturated rings. The molecule has 2 aliphatic rings. The largest absolute Gasteiger partial charge is 0.354 e. The Morgan fingerprint density at radius 3 is 0.594 bits per heavy atom. The number of hydrogen-bond donors (Lipinski definition) is 2. The van der Waals surface area contributed by atoms with Crippen LogP contribution in [0.25, 0.3) is 135 Å². The monoisotopic (exact) mass is 1350 g/mol. The van der Waals surface area contributed by atoms with Gasteiger partial charge in [0, 0.05) is 44.3 Å². The Hall–Kier alpha value is -9.33. The predicted molar refractivity (Wildman–Crippen MR) is 394 cm³/mol. The van der Waals surface area contributed by atoms with Gasteiger partial charge in [-0.25, -0.2) is 45.1 Å². The molecular formula is C80H70F8N4Si4. The summed E-state index contributed by atoms with van der Waals surface area (Å²) in [5.74, 6) is -6.28. The first-order chi connectivity index (χ1) is 45.4. The molecule has 0 radical (unpaired) electrons. The number of halogens is 8.